The number of thioether (sulfide) groups is 1. The second kappa shape index (κ2) is 9.67. The number of nitrogens with zero attached hydrogens (tertiary/aromatic N) is 2. The molecule has 0 atom stereocenters. The van der Waals surface area contributed by atoms with E-state index in [2.05, 4.69) is 11.1 Å². The first kappa shape index (κ1) is 20.3. The molecular formula is C23H18N2O3S. The van der Waals surface area contributed by atoms with Crippen LogP contribution in [-0.4, -0.2) is 28.9 Å². The average Bonchev–Trinajstić information content (AvgIpc) is 2.76. The topological polar surface area (TPSA) is 80.0 Å². The highest BCUT2D eigenvalue weighted by molar-refractivity contribution is 8.00. The van der Waals surface area contributed by atoms with E-state index in [0.717, 1.165) is 0 Å². The van der Waals surface area contributed by atoms with Crippen LogP contribution in [0.2, 0.25) is 0 Å². The number of benzene rings is 2. The summed E-state index contributed by atoms with van der Waals surface area (Å²) in [6.07, 6.45) is 0. The van der Waals surface area contributed by atoms with Gasteiger partial charge in [-0.05, 0) is 12.5 Å². The van der Waals surface area contributed by atoms with Crippen LogP contribution in [0.3, 0.4) is 0 Å². The number of nitriles is 1. The van der Waals surface area contributed by atoms with Crippen LogP contribution >= 0.6 is 11.8 Å². The van der Waals surface area contributed by atoms with Gasteiger partial charge in [0.25, 0.3) is 0 Å². The van der Waals surface area contributed by atoms with Crippen molar-refractivity contribution in [3.8, 4) is 11.9 Å². The minimum atomic E-state index is -0.164. The van der Waals surface area contributed by atoms with Crippen molar-refractivity contribution in [2.45, 2.75) is 11.9 Å². The van der Waals surface area contributed by atoms with E-state index in [4.69, 9.17) is 4.74 Å². The number of pyridine rings is 1. The van der Waals surface area contributed by atoms with Crippen LogP contribution in [0.4, 0.5) is 0 Å². The number of aryl methyl sites for hydroxylation is 1. The summed E-state index contributed by atoms with van der Waals surface area (Å²) < 4.78 is 5.57. The zero-order chi connectivity index (χ0) is 20.6. The van der Waals surface area contributed by atoms with E-state index in [1.807, 2.05) is 12.1 Å². The lowest BCUT2D eigenvalue weighted by molar-refractivity contribution is 0.0917. The first-order chi connectivity index (χ1) is 14.1. The predicted octanol–water partition coefficient (Wildman–Crippen LogP) is 4.50. The van der Waals surface area contributed by atoms with Gasteiger partial charge in [0.15, 0.2) is 18.2 Å². The van der Waals surface area contributed by atoms with Gasteiger partial charge in [0.05, 0.1) is 11.3 Å². The lowest BCUT2D eigenvalue weighted by atomic mass is 10.1. The molecule has 0 fully saturated rings. The van der Waals surface area contributed by atoms with Crippen LogP contribution in [0.1, 0.15) is 31.8 Å². The summed E-state index contributed by atoms with van der Waals surface area (Å²) in [5.41, 5.74) is 2.24. The van der Waals surface area contributed by atoms with E-state index in [9.17, 15) is 14.9 Å². The number of ether oxygens (including phenoxy) is 1. The second-order valence-corrected chi connectivity index (χ2v) is 7.19. The molecule has 29 heavy (non-hydrogen) atoms. The summed E-state index contributed by atoms with van der Waals surface area (Å²) in [7, 11) is 0. The Bertz CT molecular complexity index is 1060. The van der Waals surface area contributed by atoms with Crippen molar-refractivity contribution in [3.63, 3.8) is 0 Å². The Morgan fingerprint density at radius 1 is 1.00 bits per heavy atom. The highest BCUT2D eigenvalue weighted by Crippen LogP contribution is 2.27. The van der Waals surface area contributed by atoms with Crippen molar-refractivity contribution < 1.29 is 14.3 Å². The molecule has 1 heterocycles. The summed E-state index contributed by atoms with van der Waals surface area (Å²) in [6.45, 7) is 1.62. The zero-order valence-corrected chi connectivity index (χ0v) is 16.6. The van der Waals surface area contributed by atoms with Crippen LogP contribution in [0, 0.1) is 18.3 Å². The molecule has 2 aromatic carbocycles. The number of Topliss-reactive ketones (excluding diaryl/α,β-unsaturated/α-hetero) is 2. The van der Waals surface area contributed by atoms with Gasteiger partial charge in [-0.2, -0.15) is 5.26 Å². The highest BCUT2D eigenvalue weighted by Gasteiger charge is 2.15. The summed E-state index contributed by atoms with van der Waals surface area (Å²) in [6, 6.07) is 21.6. The monoisotopic (exact) mass is 402 g/mol. The Morgan fingerprint density at radius 2 is 1.59 bits per heavy atom. The maximum absolute atomic E-state index is 12.4. The van der Waals surface area contributed by atoms with Crippen molar-refractivity contribution in [3.05, 3.63) is 89.0 Å². The molecule has 3 aromatic rings. The molecule has 0 amide bonds. The van der Waals surface area contributed by atoms with Gasteiger partial charge >= 0.3 is 0 Å². The van der Waals surface area contributed by atoms with Crippen molar-refractivity contribution in [1.29, 1.82) is 5.26 Å². The number of carbonyl (C=O) groups is 2. The predicted molar refractivity (Wildman–Crippen MR) is 111 cm³/mol. The SMILES string of the molecule is Cc1cc(OCC(=O)c2ccccc2)nc(SCC(=O)c2ccccc2)c1C#N. The molecule has 0 unspecified atom stereocenters. The van der Waals surface area contributed by atoms with Crippen LogP contribution in [0.5, 0.6) is 5.88 Å². The maximum atomic E-state index is 12.4. The van der Waals surface area contributed by atoms with E-state index in [0.29, 0.717) is 27.3 Å². The maximum Gasteiger partial charge on any atom is 0.215 e. The Hall–Kier alpha value is -3.43. The van der Waals surface area contributed by atoms with Gasteiger partial charge in [-0.3, -0.25) is 9.59 Å². The zero-order valence-electron chi connectivity index (χ0n) is 15.8. The molecule has 3 rings (SSSR count). The fourth-order valence-corrected chi connectivity index (χ4v) is 3.56. The third-order valence-electron chi connectivity index (χ3n) is 4.15. The molecule has 0 saturated carbocycles. The van der Waals surface area contributed by atoms with Crippen molar-refractivity contribution in [2.75, 3.05) is 12.4 Å². The number of hydrogen-bond acceptors (Lipinski definition) is 6. The molecule has 0 N–H and O–H groups in total. The summed E-state index contributed by atoms with van der Waals surface area (Å²) >= 11 is 1.19. The fourth-order valence-electron chi connectivity index (χ4n) is 2.62. The number of carbonyl (C=O) groups excluding carboxylic acids is 2. The molecule has 5 nitrogen and oxygen atoms in total. The van der Waals surface area contributed by atoms with Gasteiger partial charge in [-0.25, -0.2) is 4.98 Å². The Morgan fingerprint density at radius 3 is 2.17 bits per heavy atom. The normalized spacial score (nSPS) is 10.2. The third kappa shape index (κ3) is 5.31. The van der Waals surface area contributed by atoms with E-state index >= 15 is 0 Å². The molecule has 0 saturated heterocycles. The lowest BCUT2D eigenvalue weighted by Crippen LogP contribution is -2.12. The fraction of sp³-hybridized carbons (Fsp3) is 0.130. The van der Waals surface area contributed by atoms with Crippen molar-refractivity contribution >= 4 is 23.3 Å². The van der Waals surface area contributed by atoms with Gasteiger partial charge in [0, 0.05) is 17.2 Å². The number of ketones is 2. The minimum Gasteiger partial charge on any atom is -0.469 e. The van der Waals surface area contributed by atoms with Gasteiger partial charge in [-0.1, -0.05) is 72.4 Å². The van der Waals surface area contributed by atoms with Crippen LogP contribution in [0.25, 0.3) is 0 Å². The molecule has 6 heteroatoms. The van der Waals surface area contributed by atoms with Crippen molar-refractivity contribution in [1.82, 2.24) is 4.98 Å². The largest absolute Gasteiger partial charge is 0.469 e. The number of hydrogen-bond donors (Lipinski definition) is 0. The van der Waals surface area contributed by atoms with Crippen LogP contribution < -0.4 is 4.74 Å². The van der Waals surface area contributed by atoms with Crippen LogP contribution in [0.15, 0.2) is 71.8 Å². The van der Waals surface area contributed by atoms with Gasteiger partial charge in [-0.15, -0.1) is 0 Å². The molecular weight excluding hydrogens is 384 g/mol. The van der Waals surface area contributed by atoms with Gasteiger partial charge in [0.1, 0.15) is 11.1 Å². The third-order valence-corrected chi connectivity index (χ3v) is 5.13. The van der Waals surface area contributed by atoms with Gasteiger partial charge < -0.3 is 4.74 Å². The molecule has 1 aromatic heterocycles. The number of aromatic nitrogens is 1. The van der Waals surface area contributed by atoms with Gasteiger partial charge in [0.2, 0.25) is 5.88 Å². The van der Waals surface area contributed by atoms with Crippen LogP contribution in [-0.2, 0) is 0 Å². The second-order valence-electron chi connectivity index (χ2n) is 6.23. The summed E-state index contributed by atoms with van der Waals surface area (Å²) in [5.74, 6) is 0.185. The molecule has 0 spiro atoms. The molecule has 0 aliphatic rings. The molecule has 144 valence electrons. The summed E-state index contributed by atoms with van der Waals surface area (Å²) in [5, 5.41) is 9.87. The quantitative estimate of drug-likeness (QED) is 0.408. The standard InChI is InChI=1S/C23H18N2O3S/c1-16-12-22(28-14-20(26)17-8-4-2-5-9-17)25-23(19(16)13-24)29-15-21(27)18-10-6-3-7-11-18/h2-12H,14-15H2,1H3. The smallest absolute Gasteiger partial charge is 0.215 e. The minimum absolute atomic E-state index is 0.0514. The Kier molecular flexibility index (Phi) is 6.77. The van der Waals surface area contributed by atoms with Crippen molar-refractivity contribution in [2.24, 2.45) is 0 Å². The van der Waals surface area contributed by atoms with E-state index in [1.165, 1.54) is 11.8 Å². The van der Waals surface area contributed by atoms with E-state index in [1.54, 1.807) is 61.5 Å². The number of rotatable bonds is 8. The molecule has 0 radical (unpaired) electrons. The Balaban J connectivity index is 1.72. The Labute approximate surface area is 173 Å². The lowest BCUT2D eigenvalue weighted by Gasteiger charge is -2.10. The highest BCUT2D eigenvalue weighted by atomic mass is 32.2. The molecule has 0 aliphatic carbocycles. The first-order valence-electron chi connectivity index (χ1n) is 8.92. The first-order valence-corrected chi connectivity index (χ1v) is 9.91. The average molecular weight is 402 g/mol. The molecule has 0 aliphatic heterocycles. The van der Waals surface area contributed by atoms with E-state index < -0.39 is 0 Å². The van der Waals surface area contributed by atoms with E-state index in [-0.39, 0.29) is 29.8 Å². The molecule has 0 bridgehead atoms. The summed E-state index contributed by atoms with van der Waals surface area (Å²) in [4.78, 5) is 28.9.